The molecule has 0 unspecified atom stereocenters. The zero-order valence-corrected chi connectivity index (χ0v) is 19.2. The molecule has 3 N–H and O–H groups in total. The number of carbonyl (C=O) groups excluding carboxylic acids is 2. The van der Waals surface area contributed by atoms with Crippen molar-refractivity contribution in [2.45, 2.75) is 71.6 Å². The highest BCUT2D eigenvalue weighted by atomic mass is 16.5. The van der Waals surface area contributed by atoms with Gasteiger partial charge in [-0.15, -0.1) is 0 Å². The molecule has 0 radical (unpaired) electrons. The number of ether oxygens (including phenoxy) is 1. The summed E-state index contributed by atoms with van der Waals surface area (Å²) in [7, 11) is 1.59. The van der Waals surface area contributed by atoms with Gasteiger partial charge in [0.15, 0.2) is 0 Å². The molecule has 7 nitrogen and oxygen atoms in total. The lowest BCUT2D eigenvalue weighted by molar-refractivity contribution is -0.144. The third-order valence-electron chi connectivity index (χ3n) is 7.84. The van der Waals surface area contributed by atoms with Gasteiger partial charge in [0.2, 0.25) is 11.8 Å². The Balaban J connectivity index is 1.64. The SMILES string of the molecule is COCCC(=O)N[C@H]1CC[C@]2(C)CC[C@@H]([C@H](C)C(=O)NCc3ccco3)[C@H](O)[C@H]2[C@@H]1C. The second kappa shape index (κ2) is 10.2. The second-order valence-electron chi connectivity index (χ2n) is 9.77. The van der Waals surface area contributed by atoms with E-state index in [9.17, 15) is 14.7 Å². The maximum Gasteiger partial charge on any atom is 0.223 e. The topological polar surface area (TPSA) is 101 Å². The van der Waals surface area contributed by atoms with Crippen molar-refractivity contribution in [2.75, 3.05) is 13.7 Å². The number of fused-ring (bicyclic) bond motifs is 1. The summed E-state index contributed by atoms with van der Waals surface area (Å²) in [4.78, 5) is 25.0. The first-order valence-electron chi connectivity index (χ1n) is 11.5. The van der Waals surface area contributed by atoms with Crippen LogP contribution in [0, 0.1) is 29.1 Å². The van der Waals surface area contributed by atoms with Crippen LogP contribution in [-0.2, 0) is 20.9 Å². The first-order valence-corrected chi connectivity index (χ1v) is 11.5. The van der Waals surface area contributed by atoms with Crippen molar-refractivity contribution in [3.05, 3.63) is 24.2 Å². The van der Waals surface area contributed by atoms with Gasteiger partial charge in [0.05, 0.1) is 25.5 Å². The van der Waals surface area contributed by atoms with Gasteiger partial charge in [-0.25, -0.2) is 0 Å². The molecule has 7 heteroatoms. The van der Waals surface area contributed by atoms with Gasteiger partial charge in [-0.3, -0.25) is 9.59 Å². The fourth-order valence-electron chi connectivity index (χ4n) is 5.91. The Labute approximate surface area is 185 Å². The molecule has 0 aromatic carbocycles. The van der Waals surface area contributed by atoms with Gasteiger partial charge >= 0.3 is 0 Å². The van der Waals surface area contributed by atoms with Crippen LogP contribution in [0.15, 0.2) is 22.8 Å². The minimum Gasteiger partial charge on any atom is -0.467 e. The molecule has 2 saturated carbocycles. The average molecular weight is 435 g/mol. The predicted molar refractivity (Wildman–Crippen MR) is 117 cm³/mol. The molecule has 2 fully saturated rings. The van der Waals surface area contributed by atoms with E-state index in [0.29, 0.717) is 25.3 Å². The van der Waals surface area contributed by atoms with E-state index >= 15 is 0 Å². The third kappa shape index (κ3) is 5.32. The molecule has 3 rings (SSSR count). The molecule has 1 aromatic rings. The predicted octanol–water partition coefficient (Wildman–Crippen LogP) is 2.88. The molecular weight excluding hydrogens is 396 g/mol. The van der Waals surface area contributed by atoms with E-state index in [-0.39, 0.29) is 46.9 Å². The van der Waals surface area contributed by atoms with E-state index in [4.69, 9.17) is 9.15 Å². The summed E-state index contributed by atoms with van der Waals surface area (Å²) in [6.07, 6.45) is 5.08. The number of hydrogen-bond donors (Lipinski definition) is 3. The van der Waals surface area contributed by atoms with Crippen LogP contribution in [0.1, 0.15) is 58.6 Å². The number of aliphatic hydroxyl groups excluding tert-OH is 1. The number of amides is 2. The second-order valence-corrected chi connectivity index (χ2v) is 9.77. The molecule has 0 bridgehead atoms. The van der Waals surface area contributed by atoms with Crippen LogP contribution in [0.5, 0.6) is 0 Å². The largest absolute Gasteiger partial charge is 0.467 e. The van der Waals surface area contributed by atoms with Crippen LogP contribution in [0.25, 0.3) is 0 Å². The van der Waals surface area contributed by atoms with Gasteiger partial charge in [0.1, 0.15) is 5.76 Å². The zero-order valence-electron chi connectivity index (χ0n) is 19.2. The summed E-state index contributed by atoms with van der Waals surface area (Å²) >= 11 is 0. The van der Waals surface area contributed by atoms with Crippen molar-refractivity contribution < 1.29 is 23.8 Å². The Hall–Kier alpha value is -1.86. The first kappa shape index (κ1) is 23.8. The first-order chi connectivity index (χ1) is 14.8. The Morgan fingerprint density at radius 1 is 1.35 bits per heavy atom. The van der Waals surface area contributed by atoms with E-state index in [0.717, 1.165) is 25.7 Å². The normalized spacial score (nSPS) is 33.9. The minimum absolute atomic E-state index is 0.00479. The van der Waals surface area contributed by atoms with Crippen LogP contribution in [0.4, 0.5) is 0 Å². The van der Waals surface area contributed by atoms with Crippen molar-refractivity contribution in [1.29, 1.82) is 0 Å². The highest BCUT2D eigenvalue weighted by Crippen LogP contribution is 2.55. The van der Waals surface area contributed by atoms with E-state index in [1.54, 1.807) is 19.4 Å². The van der Waals surface area contributed by atoms with Gasteiger partial charge in [-0.05, 0) is 61.0 Å². The van der Waals surface area contributed by atoms with E-state index in [1.807, 2.05) is 13.0 Å². The molecule has 1 heterocycles. The summed E-state index contributed by atoms with van der Waals surface area (Å²) in [6, 6.07) is 3.67. The van der Waals surface area contributed by atoms with E-state index < -0.39 is 6.10 Å². The highest BCUT2D eigenvalue weighted by Gasteiger charge is 2.53. The minimum atomic E-state index is -0.572. The number of furan rings is 1. The van der Waals surface area contributed by atoms with Crippen LogP contribution >= 0.6 is 0 Å². The number of methoxy groups -OCH3 is 1. The number of rotatable bonds is 8. The monoisotopic (exact) mass is 434 g/mol. The van der Waals surface area contributed by atoms with Crippen LogP contribution in [0.3, 0.4) is 0 Å². The summed E-state index contributed by atoms with van der Waals surface area (Å²) in [5.41, 5.74) is 0.0352. The molecule has 174 valence electrons. The lowest BCUT2D eigenvalue weighted by Crippen LogP contribution is -2.58. The molecule has 7 atom stereocenters. The molecule has 1 aromatic heterocycles. The Bertz CT molecular complexity index is 736. The number of nitrogens with one attached hydrogen (secondary N) is 2. The fraction of sp³-hybridized carbons (Fsp3) is 0.750. The van der Waals surface area contributed by atoms with Gasteiger partial charge in [-0.2, -0.15) is 0 Å². The number of carbonyl (C=O) groups is 2. The molecule has 2 aliphatic rings. The van der Waals surface area contributed by atoms with Gasteiger partial charge < -0.3 is 24.9 Å². The number of aliphatic hydroxyl groups is 1. The van der Waals surface area contributed by atoms with Gasteiger partial charge in [0.25, 0.3) is 0 Å². The van der Waals surface area contributed by atoms with E-state index in [2.05, 4.69) is 24.5 Å². The summed E-state index contributed by atoms with van der Waals surface area (Å²) < 4.78 is 10.3. The molecular formula is C24H38N2O5. The Kier molecular flexibility index (Phi) is 7.81. The average Bonchev–Trinajstić information content (AvgIpc) is 3.26. The lowest BCUT2D eigenvalue weighted by atomic mass is 9.51. The molecule has 0 aliphatic heterocycles. The van der Waals surface area contributed by atoms with Crippen molar-refractivity contribution in [3.63, 3.8) is 0 Å². The molecule has 2 amide bonds. The molecule has 0 spiro atoms. The van der Waals surface area contributed by atoms with Gasteiger partial charge in [0, 0.05) is 25.5 Å². The maximum atomic E-state index is 12.8. The van der Waals surface area contributed by atoms with Crippen molar-refractivity contribution >= 4 is 11.8 Å². The van der Waals surface area contributed by atoms with Crippen LogP contribution < -0.4 is 10.6 Å². The molecule has 2 aliphatic carbocycles. The third-order valence-corrected chi connectivity index (χ3v) is 7.84. The fourth-order valence-corrected chi connectivity index (χ4v) is 5.91. The molecule has 31 heavy (non-hydrogen) atoms. The van der Waals surface area contributed by atoms with Crippen LogP contribution in [-0.4, -0.2) is 42.8 Å². The lowest BCUT2D eigenvalue weighted by Gasteiger charge is -2.56. The molecule has 0 saturated heterocycles. The standard InChI is InChI=1S/C24H38N2O5/c1-15(23(29)25-14-17-6-5-12-31-17)18-7-10-24(3)11-8-19(16(2)21(24)22(18)28)26-20(27)9-13-30-4/h5-6,12,15-16,18-19,21-22,28H,7-11,13-14H2,1-4H3,(H,25,29)(H,26,27)/t15-,16+,18-,19-,21+,22-,24-/m0/s1. The highest BCUT2D eigenvalue weighted by molar-refractivity contribution is 5.78. The van der Waals surface area contributed by atoms with Crippen molar-refractivity contribution in [1.82, 2.24) is 10.6 Å². The van der Waals surface area contributed by atoms with Gasteiger partial charge in [-0.1, -0.05) is 20.8 Å². The summed E-state index contributed by atoms with van der Waals surface area (Å²) in [5.74, 6) is 0.449. The quantitative estimate of drug-likeness (QED) is 0.584. The Morgan fingerprint density at radius 2 is 2.10 bits per heavy atom. The smallest absolute Gasteiger partial charge is 0.223 e. The maximum absolute atomic E-state index is 12.8. The number of hydrogen-bond acceptors (Lipinski definition) is 5. The van der Waals surface area contributed by atoms with E-state index in [1.165, 1.54) is 0 Å². The summed E-state index contributed by atoms with van der Waals surface area (Å²) in [5, 5.41) is 17.5. The Morgan fingerprint density at radius 3 is 2.77 bits per heavy atom. The summed E-state index contributed by atoms with van der Waals surface area (Å²) in [6.45, 7) is 7.07. The zero-order chi connectivity index (χ0) is 22.6. The van der Waals surface area contributed by atoms with Crippen LogP contribution in [0.2, 0.25) is 0 Å². The van der Waals surface area contributed by atoms with Crippen molar-refractivity contribution in [3.8, 4) is 0 Å². The van der Waals surface area contributed by atoms with Crippen molar-refractivity contribution in [2.24, 2.45) is 29.1 Å².